The van der Waals surface area contributed by atoms with Gasteiger partial charge in [0.2, 0.25) is 0 Å². The first-order chi connectivity index (χ1) is 14.8. The molecule has 0 spiro atoms. The van der Waals surface area contributed by atoms with Gasteiger partial charge in [-0.2, -0.15) is 0 Å². The van der Waals surface area contributed by atoms with Gasteiger partial charge in [-0.05, 0) is 0 Å². The Morgan fingerprint density at radius 3 is 1.65 bits per heavy atom. The van der Waals surface area contributed by atoms with Gasteiger partial charge in [-0.25, -0.2) is 0 Å². The average molecular weight is 498 g/mol. The molecule has 1 fully saturated rings. The van der Waals surface area contributed by atoms with E-state index in [4.69, 9.17) is 0 Å². The van der Waals surface area contributed by atoms with Gasteiger partial charge < -0.3 is 0 Å². The van der Waals surface area contributed by atoms with E-state index in [2.05, 4.69) is 117 Å². The number of hydrogen-bond acceptors (Lipinski definition) is 2. The first-order valence-corrected chi connectivity index (χ1v) is 12.0. The second kappa shape index (κ2) is 8.71. The van der Waals surface area contributed by atoms with Crippen LogP contribution in [0.1, 0.15) is 63.0 Å². The molecule has 1 saturated heterocycles. The molecule has 0 bridgehead atoms. The number of allylic oxidation sites excluding steroid dienone is 5. The molecule has 0 aromatic heterocycles. The number of aryl methyl sites for hydroxylation is 6. The maximum absolute atomic E-state index is 3.91. The molecular formula is C28H32N2Ru. The molecule has 0 saturated carbocycles. The molecule has 2 aromatic rings. The molecule has 3 heteroatoms. The Kier molecular flexibility index (Phi) is 6.17. The molecule has 2 aliphatic rings. The fourth-order valence-electron chi connectivity index (χ4n) is 5.41. The summed E-state index contributed by atoms with van der Waals surface area (Å²) in [5.41, 5.74) is 13.4. The number of hydrogen-bond donors (Lipinski definition) is 2. The van der Waals surface area contributed by atoms with Crippen LogP contribution < -0.4 is 10.6 Å². The van der Waals surface area contributed by atoms with Crippen molar-refractivity contribution in [1.29, 1.82) is 0 Å². The third kappa shape index (κ3) is 4.26. The summed E-state index contributed by atoms with van der Waals surface area (Å²) in [7, 11) is 0. The van der Waals surface area contributed by atoms with Gasteiger partial charge in [0.1, 0.15) is 0 Å². The molecule has 1 aliphatic carbocycles. The van der Waals surface area contributed by atoms with Crippen molar-refractivity contribution in [3.63, 3.8) is 0 Å². The third-order valence-corrected chi connectivity index (χ3v) is 7.04. The summed E-state index contributed by atoms with van der Waals surface area (Å²) >= 11 is 2.62. The molecule has 162 valence electrons. The molecule has 1 heterocycles. The van der Waals surface area contributed by atoms with E-state index in [-0.39, 0.29) is 12.1 Å². The van der Waals surface area contributed by atoms with Crippen LogP contribution in [-0.2, 0) is 17.9 Å². The summed E-state index contributed by atoms with van der Waals surface area (Å²) in [5, 5.41) is 7.82. The zero-order valence-corrected chi connectivity index (χ0v) is 21.1. The molecule has 31 heavy (non-hydrogen) atoms. The van der Waals surface area contributed by atoms with E-state index in [9.17, 15) is 0 Å². The van der Waals surface area contributed by atoms with Crippen LogP contribution in [0.4, 0.5) is 0 Å². The first kappa shape index (κ1) is 22.0. The fraction of sp³-hybridized carbons (Fsp3) is 0.321. The van der Waals surface area contributed by atoms with Gasteiger partial charge in [0.15, 0.2) is 0 Å². The maximum atomic E-state index is 3.91. The summed E-state index contributed by atoms with van der Waals surface area (Å²) < 4.78 is 2.10. The van der Waals surface area contributed by atoms with Gasteiger partial charge in [0.05, 0.1) is 0 Å². The summed E-state index contributed by atoms with van der Waals surface area (Å²) in [6.07, 6.45) is 7.66. The molecule has 2 N–H and O–H groups in total. The van der Waals surface area contributed by atoms with Crippen LogP contribution in [0.15, 0.2) is 59.5 Å². The van der Waals surface area contributed by atoms with Gasteiger partial charge in [-0.1, -0.05) is 0 Å². The summed E-state index contributed by atoms with van der Waals surface area (Å²) in [4.78, 5) is 0. The molecule has 2 unspecified atom stereocenters. The Bertz CT molecular complexity index is 1040. The second-order valence-electron chi connectivity index (χ2n) is 9.12. The Morgan fingerprint density at radius 2 is 1.23 bits per heavy atom. The van der Waals surface area contributed by atoms with Gasteiger partial charge in [-0.3, -0.25) is 0 Å². The minimum absolute atomic E-state index is 0.187. The van der Waals surface area contributed by atoms with Gasteiger partial charge in [0.25, 0.3) is 0 Å². The van der Waals surface area contributed by atoms with Crippen molar-refractivity contribution >= 4 is 4.61 Å². The van der Waals surface area contributed by atoms with E-state index in [1.165, 1.54) is 55.7 Å². The third-order valence-electron chi connectivity index (χ3n) is 6.46. The van der Waals surface area contributed by atoms with Gasteiger partial charge >= 0.3 is 197 Å². The molecule has 2 atom stereocenters. The zero-order chi connectivity index (χ0) is 22.3. The van der Waals surface area contributed by atoms with Crippen molar-refractivity contribution in [2.24, 2.45) is 0 Å². The normalized spacial score (nSPS) is 20.4. The topological polar surface area (TPSA) is 24.1 Å². The standard InChI is InChI=1S/C28H32N2.Ru/c1-16-9-8-10-23(15-16)28-29-26(24-19(4)11-17(2)12-20(24)5)27(30-28)25-21(6)13-18(3)14-22(25)7;/h1,8-9,11-15,26-27,29-30H,10H2,2-7H3;. The molecule has 2 aromatic carbocycles. The Morgan fingerprint density at radius 1 is 0.774 bits per heavy atom. The van der Waals surface area contributed by atoms with E-state index in [0.29, 0.717) is 0 Å². The Labute approximate surface area is 196 Å². The summed E-state index contributed by atoms with van der Waals surface area (Å²) in [6.45, 7) is 13.4. The Hall–Kier alpha value is -2.25. The van der Waals surface area contributed by atoms with E-state index in [1.54, 1.807) is 0 Å². The van der Waals surface area contributed by atoms with E-state index < -0.39 is 0 Å². The molecule has 0 radical (unpaired) electrons. The van der Waals surface area contributed by atoms with Crippen LogP contribution in [0.3, 0.4) is 0 Å². The number of rotatable bonds is 3. The minimum atomic E-state index is 0.187. The van der Waals surface area contributed by atoms with Crippen molar-refractivity contribution < 1.29 is 17.9 Å². The van der Waals surface area contributed by atoms with Crippen LogP contribution in [-0.4, -0.2) is 4.61 Å². The van der Waals surface area contributed by atoms with Crippen molar-refractivity contribution in [2.75, 3.05) is 0 Å². The predicted octanol–water partition coefficient (Wildman–Crippen LogP) is 5.96. The molecular weight excluding hydrogens is 465 g/mol. The van der Waals surface area contributed by atoms with Crippen LogP contribution in [0, 0.1) is 41.5 Å². The average Bonchev–Trinajstić information content (AvgIpc) is 3.11. The van der Waals surface area contributed by atoms with Crippen LogP contribution in [0.2, 0.25) is 0 Å². The molecule has 4 rings (SSSR count). The Balaban J connectivity index is 1.88. The van der Waals surface area contributed by atoms with Crippen molar-refractivity contribution in [3.05, 3.63) is 104 Å². The predicted molar refractivity (Wildman–Crippen MR) is 128 cm³/mol. The van der Waals surface area contributed by atoms with Crippen molar-refractivity contribution in [2.45, 2.75) is 60.0 Å². The number of nitrogens with one attached hydrogen (secondary N) is 2. The summed E-state index contributed by atoms with van der Waals surface area (Å²) in [5.74, 6) is 1.16. The van der Waals surface area contributed by atoms with Gasteiger partial charge in [0, 0.05) is 0 Å². The summed E-state index contributed by atoms with van der Waals surface area (Å²) in [6, 6.07) is 9.62. The van der Waals surface area contributed by atoms with Crippen LogP contribution >= 0.6 is 0 Å². The van der Waals surface area contributed by atoms with E-state index >= 15 is 0 Å². The molecule has 2 nitrogen and oxygen atoms in total. The first-order valence-electron chi connectivity index (χ1n) is 11.0. The van der Waals surface area contributed by atoms with Crippen LogP contribution in [0.5, 0.6) is 0 Å². The monoisotopic (exact) mass is 498 g/mol. The second-order valence-corrected chi connectivity index (χ2v) is 9.62. The number of benzene rings is 2. The van der Waals surface area contributed by atoms with E-state index in [1.807, 2.05) is 0 Å². The van der Waals surface area contributed by atoms with Crippen molar-refractivity contribution in [1.82, 2.24) is 10.6 Å². The van der Waals surface area contributed by atoms with Crippen molar-refractivity contribution in [3.8, 4) is 0 Å². The van der Waals surface area contributed by atoms with E-state index in [0.717, 1.165) is 12.2 Å². The van der Waals surface area contributed by atoms with Crippen LogP contribution in [0.25, 0.3) is 0 Å². The zero-order valence-electron chi connectivity index (χ0n) is 19.3. The van der Waals surface area contributed by atoms with Gasteiger partial charge in [-0.15, -0.1) is 0 Å². The quantitative estimate of drug-likeness (QED) is 0.512. The SMILES string of the molecule is Cc1cc(C)c(C2NC(=C3C=C([CH]=[Ru])C=CC3)NC2c2c(C)cc(C)cc2C)c(C)c1. The fourth-order valence-corrected chi connectivity index (χ4v) is 5.73. The molecule has 0 amide bonds. The molecule has 1 aliphatic heterocycles.